The molecule has 1 amide bonds. The van der Waals surface area contributed by atoms with Gasteiger partial charge in [0.2, 0.25) is 0 Å². The van der Waals surface area contributed by atoms with E-state index in [0.29, 0.717) is 25.6 Å². The third-order valence-corrected chi connectivity index (χ3v) is 7.37. The third-order valence-electron chi connectivity index (χ3n) is 5.31. The van der Waals surface area contributed by atoms with Crippen LogP contribution in [-0.2, 0) is 11.3 Å². The molecule has 1 aromatic carbocycles. The van der Waals surface area contributed by atoms with Gasteiger partial charge in [0.1, 0.15) is 5.01 Å². The van der Waals surface area contributed by atoms with Crippen LogP contribution in [0, 0.1) is 0 Å². The number of quaternary nitrogens is 1. The van der Waals surface area contributed by atoms with E-state index in [1.807, 2.05) is 34.4 Å². The molecule has 0 spiro atoms. The maximum absolute atomic E-state index is 13.0. The Bertz CT molecular complexity index is 901. The summed E-state index contributed by atoms with van der Waals surface area (Å²) in [5, 5.41) is 3.29. The second-order valence-electron chi connectivity index (χ2n) is 7.38. The Hall–Kier alpha value is -2.02. The summed E-state index contributed by atoms with van der Waals surface area (Å²) in [5.41, 5.74) is 1.10. The lowest BCUT2D eigenvalue weighted by molar-refractivity contribution is -0.898. The first-order valence-corrected chi connectivity index (χ1v) is 11.5. The molecule has 28 heavy (non-hydrogen) atoms. The zero-order chi connectivity index (χ0) is 19.3. The average Bonchev–Trinajstić information content (AvgIpc) is 3.37. The van der Waals surface area contributed by atoms with Crippen LogP contribution in [0.4, 0.5) is 0 Å². The van der Waals surface area contributed by atoms with Crippen molar-refractivity contribution in [2.24, 2.45) is 0 Å². The molecular formula is C22H26N3OS2+. The molecule has 1 N–H and O–H groups in total. The molecule has 3 heterocycles. The number of hydrogen-bond donors (Lipinski definition) is 1. The van der Waals surface area contributed by atoms with E-state index >= 15 is 0 Å². The summed E-state index contributed by atoms with van der Waals surface area (Å²) in [6, 6.07) is 12.5. The highest BCUT2D eigenvalue weighted by Crippen LogP contribution is 2.30. The predicted molar refractivity (Wildman–Crippen MR) is 117 cm³/mol. The fourth-order valence-corrected chi connectivity index (χ4v) is 5.74. The maximum atomic E-state index is 13.0. The van der Waals surface area contributed by atoms with Crippen molar-refractivity contribution in [1.82, 2.24) is 9.88 Å². The molecule has 2 atom stereocenters. The number of nitrogens with zero attached hydrogens (tertiary/aromatic N) is 2. The van der Waals surface area contributed by atoms with Gasteiger partial charge in [-0.3, -0.25) is 4.79 Å². The van der Waals surface area contributed by atoms with Crippen LogP contribution >= 0.6 is 22.7 Å². The molecule has 4 rings (SSSR count). The number of rotatable bonds is 7. The molecule has 3 aromatic rings. The van der Waals surface area contributed by atoms with Gasteiger partial charge in [-0.05, 0) is 36.4 Å². The summed E-state index contributed by atoms with van der Waals surface area (Å²) in [5.74, 6) is 0.673. The molecule has 0 radical (unpaired) electrons. The largest absolute Gasteiger partial charge is 0.329 e. The van der Waals surface area contributed by atoms with Crippen molar-refractivity contribution < 1.29 is 9.69 Å². The summed E-state index contributed by atoms with van der Waals surface area (Å²) in [6.45, 7) is 7.72. The SMILES string of the molecule is C=CCN(Cc1cccs1)C(=O)C[NH+]1CCC[C@@H](c2nc3ccccc3s2)C1. The molecule has 6 heteroatoms. The number of aromatic nitrogens is 1. The molecule has 4 nitrogen and oxygen atoms in total. The molecule has 1 aliphatic rings. The number of benzene rings is 1. The lowest BCUT2D eigenvalue weighted by Crippen LogP contribution is -3.14. The monoisotopic (exact) mass is 412 g/mol. The minimum atomic E-state index is 0.216. The van der Waals surface area contributed by atoms with Crippen molar-refractivity contribution in [2.45, 2.75) is 25.3 Å². The highest BCUT2D eigenvalue weighted by Gasteiger charge is 2.29. The van der Waals surface area contributed by atoms with Gasteiger partial charge in [-0.15, -0.1) is 29.3 Å². The molecule has 0 bridgehead atoms. The molecule has 1 aliphatic heterocycles. The standard InChI is InChI=1S/C22H25N3OS2/c1-2-11-25(15-18-8-6-13-27-18)21(26)16-24-12-5-7-17(14-24)22-23-19-9-3-4-10-20(19)28-22/h2-4,6,8-10,13,17H,1,5,7,11-12,14-16H2/p+1/t17-/m1/s1. The van der Waals surface area contributed by atoms with Crippen molar-refractivity contribution in [3.05, 3.63) is 64.3 Å². The predicted octanol–water partition coefficient (Wildman–Crippen LogP) is 3.33. The van der Waals surface area contributed by atoms with E-state index in [2.05, 4.69) is 36.2 Å². The summed E-state index contributed by atoms with van der Waals surface area (Å²) in [4.78, 5) is 22.3. The molecule has 1 saturated heterocycles. The Balaban J connectivity index is 1.40. The maximum Gasteiger partial charge on any atom is 0.278 e. The number of amides is 1. The second kappa shape index (κ2) is 8.99. The van der Waals surface area contributed by atoms with Gasteiger partial charge in [-0.2, -0.15) is 0 Å². The van der Waals surface area contributed by atoms with E-state index in [0.717, 1.165) is 25.0 Å². The van der Waals surface area contributed by atoms with E-state index < -0.39 is 0 Å². The smallest absolute Gasteiger partial charge is 0.278 e. The first-order chi connectivity index (χ1) is 13.7. The quantitative estimate of drug-likeness (QED) is 0.605. The average molecular weight is 413 g/mol. The molecule has 1 fully saturated rings. The Labute approximate surface area is 174 Å². The molecule has 146 valence electrons. The number of carbonyl (C=O) groups is 1. The van der Waals surface area contributed by atoms with Crippen LogP contribution in [0.25, 0.3) is 10.2 Å². The Kier molecular flexibility index (Phi) is 6.20. The van der Waals surface area contributed by atoms with Crippen LogP contribution in [0.2, 0.25) is 0 Å². The van der Waals surface area contributed by atoms with Gasteiger partial charge < -0.3 is 9.80 Å². The number of thiazole rings is 1. The van der Waals surface area contributed by atoms with Crippen LogP contribution in [0.15, 0.2) is 54.4 Å². The lowest BCUT2D eigenvalue weighted by Gasteiger charge is -2.30. The normalized spacial score (nSPS) is 19.6. The van der Waals surface area contributed by atoms with Gasteiger partial charge in [0.15, 0.2) is 6.54 Å². The highest BCUT2D eigenvalue weighted by molar-refractivity contribution is 7.18. The second-order valence-corrected chi connectivity index (χ2v) is 9.48. The number of carbonyl (C=O) groups excluding carboxylic acids is 1. The van der Waals surface area contributed by atoms with E-state index in [1.165, 1.54) is 25.9 Å². The van der Waals surface area contributed by atoms with Gasteiger partial charge in [-0.1, -0.05) is 24.3 Å². The Morgan fingerprint density at radius 1 is 1.32 bits per heavy atom. The number of fused-ring (bicyclic) bond motifs is 1. The van der Waals surface area contributed by atoms with Crippen LogP contribution in [0.5, 0.6) is 0 Å². The zero-order valence-electron chi connectivity index (χ0n) is 16.0. The van der Waals surface area contributed by atoms with Crippen LogP contribution < -0.4 is 4.90 Å². The number of thiophene rings is 1. The summed E-state index contributed by atoms with van der Waals surface area (Å²) >= 11 is 3.51. The van der Waals surface area contributed by atoms with Crippen molar-refractivity contribution in [3.8, 4) is 0 Å². The Morgan fingerprint density at radius 2 is 2.21 bits per heavy atom. The lowest BCUT2D eigenvalue weighted by atomic mass is 9.98. The number of nitrogens with one attached hydrogen (secondary N) is 1. The molecular weight excluding hydrogens is 386 g/mol. The third kappa shape index (κ3) is 4.51. The van der Waals surface area contributed by atoms with Gasteiger partial charge >= 0.3 is 0 Å². The van der Waals surface area contributed by atoms with Gasteiger partial charge in [0.25, 0.3) is 5.91 Å². The van der Waals surface area contributed by atoms with Crippen molar-refractivity contribution in [2.75, 3.05) is 26.2 Å². The van der Waals surface area contributed by atoms with Gasteiger partial charge in [0, 0.05) is 11.4 Å². The van der Waals surface area contributed by atoms with E-state index in [1.54, 1.807) is 11.3 Å². The van der Waals surface area contributed by atoms with Gasteiger partial charge in [0.05, 0.1) is 35.8 Å². The number of hydrogen-bond acceptors (Lipinski definition) is 4. The molecule has 0 aliphatic carbocycles. The van der Waals surface area contributed by atoms with Crippen LogP contribution in [-0.4, -0.2) is 42.0 Å². The van der Waals surface area contributed by atoms with Crippen LogP contribution in [0.1, 0.15) is 28.6 Å². The first kappa shape index (κ1) is 19.3. The Morgan fingerprint density at radius 3 is 3.00 bits per heavy atom. The first-order valence-electron chi connectivity index (χ1n) is 9.83. The number of para-hydroxylation sites is 1. The van der Waals surface area contributed by atoms with E-state index in [-0.39, 0.29) is 5.91 Å². The van der Waals surface area contributed by atoms with Crippen LogP contribution in [0.3, 0.4) is 0 Å². The minimum Gasteiger partial charge on any atom is -0.329 e. The summed E-state index contributed by atoms with van der Waals surface area (Å²) < 4.78 is 1.26. The molecule has 2 aromatic heterocycles. The topological polar surface area (TPSA) is 37.6 Å². The molecule has 1 unspecified atom stereocenters. The summed E-state index contributed by atoms with van der Waals surface area (Å²) in [6.07, 6.45) is 4.14. The van der Waals surface area contributed by atoms with Crippen molar-refractivity contribution in [3.63, 3.8) is 0 Å². The highest BCUT2D eigenvalue weighted by atomic mass is 32.1. The fraction of sp³-hybridized carbons (Fsp3) is 0.364. The van der Waals surface area contributed by atoms with E-state index in [9.17, 15) is 4.79 Å². The molecule has 0 saturated carbocycles. The number of likely N-dealkylation sites (tertiary alicyclic amines) is 1. The summed E-state index contributed by atoms with van der Waals surface area (Å²) in [7, 11) is 0. The zero-order valence-corrected chi connectivity index (χ0v) is 17.6. The fourth-order valence-electron chi connectivity index (χ4n) is 3.91. The number of piperidine rings is 1. The van der Waals surface area contributed by atoms with Crippen molar-refractivity contribution in [1.29, 1.82) is 0 Å². The van der Waals surface area contributed by atoms with Crippen molar-refractivity contribution >= 4 is 38.8 Å². The van der Waals surface area contributed by atoms with E-state index in [4.69, 9.17) is 4.98 Å². The van der Waals surface area contributed by atoms with Gasteiger partial charge in [-0.25, -0.2) is 4.98 Å². The minimum absolute atomic E-state index is 0.216.